The molecule has 0 aliphatic carbocycles. The summed E-state index contributed by atoms with van der Waals surface area (Å²) < 4.78 is 7.80. The van der Waals surface area contributed by atoms with Crippen LogP contribution in [0.5, 0.6) is 5.75 Å². The number of thioether (sulfide) groups is 1. The molecule has 19 heavy (non-hydrogen) atoms. The summed E-state index contributed by atoms with van der Waals surface area (Å²) >= 11 is 1.79. The molecule has 2 unspecified atom stereocenters. The molecular formula is C13H16N4OS. The summed E-state index contributed by atoms with van der Waals surface area (Å²) in [4.78, 5) is 1.18. The predicted octanol–water partition coefficient (Wildman–Crippen LogP) is 1.48. The lowest BCUT2D eigenvalue weighted by atomic mass is 10.1. The Bertz CT molecular complexity index is 571. The summed E-state index contributed by atoms with van der Waals surface area (Å²) in [5.74, 6) is 7.44. The minimum atomic E-state index is -0.109. The van der Waals surface area contributed by atoms with Crippen molar-refractivity contribution in [1.29, 1.82) is 0 Å². The van der Waals surface area contributed by atoms with Gasteiger partial charge in [0, 0.05) is 23.9 Å². The van der Waals surface area contributed by atoms with Crippen LogP contribution in [0.2, 0.25) is 0 Å². The van der Waals surface area contributed by atoms with E-state index in [0.29, 0.717) is 0 Å². The predicted molar refractivity (Wildman–Crippen MR) is 74.9 cm³/mol. The minimum absolute atomic E-state index is 0.0280. The van der Waals surface area contributed by atoms with Crippen LogP contribution in [0.15, 0.2) is 41.4 Å². The lowest BCUT2D eigenvalue weighted by Gasteiger charge is -2.30. The van der Waals surface area contributed by atoms with Gasteiger partial charge >= 0.3 is 0 Å². The van der Waals surface area contributed by atoms with Gasteiger partial charge in [-0.2, -0.15) is 5.10 Å². The average Bonchev–Trinajstić information content (AvgIpc) is 2.86. The smallest absolute Gasteiger partial charge is 0.133 e. The normalized spacial score (nSPS) is 19.6. The van der Waals surface area contributed by atoms with Crippen LogP contribution >= 0.6 is 11.8 Å². The van der Waals surface area contributed by atoms with Gasteiger partial charge in [0.25, 0.3) is 0 Å². The van der Waals surface area contributed by atoms with Gasteiger partial charge in [-0.05, 0) is 18.2 Å². The molecule has 3 rings (SSSR count). The van der Waals surface area contributed by atoms with E-state index in [0.717, 1.165) is 17.2 Å². The van der Waals surface area contributed by atoms with Crippen LogP contribution < -0.4 is 16.0 Å². The molecule has 0 bridgehead atoms. The number of benzene rings is 1. The van der Waals surface area contributed by atoms with Crippen molar-refractivity contribution in [3.63, 3.8) is 0 Å². The Morgan fingerprint density at radius 3 is 3.05 bits per heavy atom. The third-order valence-electron chi connectivity index (χ3n) is 3.13. The SMILES string of the molecule is Cn1ccc(C(NN)C2CSc3ccccc3O2)n1. The molecule has 2 aromatic rings. The summed E-state index contributed by atoms with van der Waals surface area (Å²) in [5, 5.41) is 4.40. The first-order valence-electron chi connectivity index (χ1n) is 6.12. The topological polar surface area (TPSA) is 65.1 Å². The highest BCUT2D eigenvalue weighted by Gasteiger charge is 2.30. The van der Waals surface area contributed by atoms with Crippen molar-refractivity contribution in [2.45, 2.75) is 17.0 Å². The van der Waals surface area contributed by atoms with E-state index in [-0.39, 0.29) is 12.1 Å². The van der Waals surface area contributed by atoms with Gasteiger partial charge in [0.05, 0.1) is 5.69 Å². The highest BCUT2D eigenvalue weighted by atomic mass is 32.2. The fourth-order valence-corrected chi connectivity index (χ4v) is 3.22. The highest BCUT2D eigenvalue weighted by molar-refractivity contribution is 7.99. The largest absolute Gasteiger partial charge is 0.486 e. The summed E-state index contributed by atoms with van der Waals surface area (Å²) in [6.45, 7) is 0. The third kappa shape index (κ3) is 2.47. The van der Waals surface area contributed by atoms with Gasteiger partial charge in [0.2, 0.25) is 0 Å². The highest BCUT2D eigenvalue weighted by Crippen LogP contribution is 2.37. The first-order valence-corrected chi connectivity index (χ1v) is 7.10. The standard InChI is InChI=1S/C13H16N4OS/c1-17-7-6-9(16-17)13(15-14)11-8-19-12-5-3-2-4-10(12)18-11/h2-7,11,13,15H,8,14H2,1H3. The molecule has 1 aliphatic rings. The zero-order valence-electron chi connectivity index (χ0n) is 10.6. The second kappa shape index (κ2) is 5.24. The van der Waals surface area contributed by atoms with E-state index in [1.165, 1.54) is 4.90 Å². The van der Waals surface area contributed by atoms with Crippen molar-refractivity contribution < 1.29 is 4.74 Å². The summed E-state index contributed by atoms with van der Waals surface area (Å²) in [6.07, 6.45) is 1.88. The monoisotopic (exact) mass is 276 g/mol. The molecular weight excluding hydrogens is 260 g/mol. The van der Waals surface area contributed by atoms with E-state index in [9.17, 15) is 0 Å². The first kappa shape index (κ1) is 12.5. The van der Waals surface area contributed by atoms with E-state index in [1.54, 1.807) is 16.4 Å². The van der Waals surface area contributed by atoms with Crippen LogP contribution in [-0.2, 0) is 7.05 Å². The van der Waals surface area contributed by atoms with Crippen molar-refractivity contribution >= 4 is 11.8 Å². The van der Waals surface area contributed by atoms with E-state index < -0.39 is 0 Å². The number of aryl methyl sites for hydroxylation is 1. The fourth-order valence-electron chi connectivity index (χ4n) is 2.18. The van der Waals surface area contributed by atoms with Gasteiger partial charge < -0.3 is 4.74 Å². The lowest BCUT2D eigenvalue weighted by molar-refractivity contribution is 0.164. The molecule has 1 aromatic heterocycles. The maximum atomic E-state index is 6.04. The van der Waals surface area contributed by atoms with Crippen LogP contribution in [0.1, 0.15) is 11.7 Å². The number of nitrogens with zero attached hydrogens (tertiary/aromatic N) is 2. The molecule has 2 atom stereocenters. The summed E-state index contributed by atoms with van der Waals surface area (Å²) in [5.41, 5.74) is 3.72. The van der Waals surface area contributed by atoms with Crippen LogP contribution in [-0.4, -0.2) is 21.6 Å². The van der Waals surface area contributed by atoms with Crippen molar-refractivity contribution in [2.24, 2.45) is 12.9 Å². The van der Waals surface area contributed by atoms with Crippen LogP contribution in [0.4, 0.5) is 0 Å². The van der Waals surface area contributed by atoms with Gasteiger partial charge in [-0.1, -0.05) is 12.1 Å². The van der Waals surface area contributed by atoms with Gasteiger partial charge in [0.15, 0.2) is 0 Å². The molecule has 0 amide bonds. The molecule has 0 spiro atoms. The number of nitrogens with one attached hydrogen (secondary N) is 1. The van der Waals surface area contributed by atoms with E-state index in [4.69, 9.17) is 10.6 Å². The molecule has 1 aromatic carbocycles. The van der Waals surface area contributed by atoms with Crippen molar-refractivity contribution in [3.8, 4) is 5.75 Å². The number of aromatic nitrogens is 2. The maximum Gasteiger partial charge on any atom is 0.133 e. The molecule has 1 aliphatic heterocycles. The number of hydrogen-bond donors (Lipinski definition) is 2. The Morgan fingerprint density at radius 1 is 1.47 bits per heavy atom. The molecule has 0 radical (unpaired) electrons. The number of para-hydroxylation sites is 1. The average molecular weight is 276 g/mol. The van der Waals surface area contributed by atoms with Crippen LogP contribution in [0, 0.1) is 0 Å². The molecule has 5 nitrogen and oxygen atoms in total. The zero-order chi connectivity index (χ0) is 13.2. The van der Waals surface area contributed by atoms with E-state index in [2.05, 4.69) is 16.6 Å². The Morgan fingerprint density at radius 2 is 2.32 bits per heavy atom. The van der Waals surface area contributed by atoms with Gasteiger partial charge in [-0.25, -0.2) is 5.43 Å². The maximum absolute atomic E-state index is 6.04. The Hall–Kier alpha value is -1.50. The molecule has 2 heterocycles. The van der Waals surface area contributed by atoms with Crippen molar-refractivity contribution in [2.75, 3.05) is 5.75 Å². The molecule has 0 fully saturated rings. The van der Waals surface area contributed by atoms with Gasteiger partial charge in [-0.3, -0.25) is 10.5 Å². The number of rotatable bonds is 3. The lowest BCUT2D eigenvalue weighted by Crippen LogP contribution is -2.42. The minimum Gasteiger partial charge on any atom is -0.486 e. The summed E-state index contributed by atoms with van der Waals surface area (Å²) in [7, 11) is 1.89. The molecule has 0 saturated heterocycles. The molecule has 100 valence electrons. The molecule has 3 N–H and O–H groups in total. The van der Waals surface area contributed by atoms with Crippen molar-refractivity contribution in [3.05, 3.63) is 42.2 Å². The Kier molecular flexibility index (Phi) is 3.46. The third-order valence-corrected chi connectivity index (χ3v) is 4.28. The number of ether oxygens (including phenoxy) is 1. The Balaban J connectivity index is 1.83. The number of nitrogens with two attached hydrogens (primary N) is 1. The quantitative estimate of drug-likeness (QED) is 0.656. The van der Waals surface area contributed by atoms with E-state index in [1.807, 2.05) is 37.5 Å². The molecule has 6 heteroatoms. The molecule has 0 saturated carbocycles. The second-order valence-corrected chi connectivity index (χ2v) is 5.53. The second-order valence-electron chi connectivity index (χ2n) is 4.47. The van der Waals surface area contributed by atoms with Crippen LogP contribution in [0.3, 0.4) is 0 Å². The number of fused-ring (bicyclic) bond motifs is 1. The number of hydrogen-bond acceptors (Lipinski definition) is 5. The first-order chi connectivity index (χ1) is 9.28. The zero-order valence-corrected chi connectivity index (χ0v) is 11.4. The van der Waals surface area contributed by atoms with Gasteiger partial charge in [0.1, 0.15) is 17.9 Å². The van der Waals surface area contributed by atoms with Crippen LogP contribution in [0.25, 0.3) is 0 Å². The summed E-state index contributed by atoms with van der Waals surface area (Å²) in [6, 6.07) is 9.91. The number of hydrazine groups is 1. The van der Waals surface area contributed by atoms with Crippen molar-refractivity contribution in [1.82, 2.24) is 15.2 Å². The van der Waals surface area contributed by atoms with E-state index >= 15 is 0 Å². The Labute approximate surface area is 116 Å². The van der Waals surface area contributed by atoms with Gasteiger partial charge in [-0.15, -0.1) is 11.8 Å². The fraction of sp³-hybridized carbons (Fsp3) is 0.308.